The molecule has 1 saturated carbocycles. The Morgan fingerprint density at radius 1 is 0.833 bits per heavy atom. The third-order valence-electron chi connectivity index (χ3n) is 8.50. The van der Waals surface area contributed by atoms with Gasteiger partial charge in [-0.25, -0.2) is 31.2 Å². The fraction of sp³-hybridized carbons (Fsp3) is 0.308. The van der Waals surface area contributed by atoms with Crippen molar-refractivity contribution >= 4 is 52.5 Å². The number of benzene rings is 2. The molecule has 0 spiro atoms. The van der Waals surface area contributed by atoms with Gasteiger partial charge < -0.3 is 5.11 Å². The molecule has 4 aliphatic rings. The average molecular weight is 635 g/mol. The Morgan fingerprint density at radius 2 is 1.43 bits per heavy atom. The number of phenolic OH excluding ortho intramolecular Hbond substituents is 1. The number of rotatable bonds is 2. The molecule has 0 bridgehead atoms. The highest BCUT2D eigenvalue weighted by Crippen LogP contribution is 2.66. The molecule has 220 valence electrons. The number of amides is 4. The summed E-state index contributed by atoms with van der Waals surface area (Å²) in [5, 5.41) is 19.6. The van der Waals surface area contributed by atoms with Crippen LogP contribution in [0, 0.1) is 52.7 Å². The third-order valence-corrected chi connectivity index (χ3v) is 9.92. The summed E-state index contributed by atoms with van der Waals surface area (Å²) in [7, 11) is 0. The van der Waals surface area contributed by atoms with Gasteiger partial charge in [-0.1, -0.05) is 17.7 Å². The third kappa shape index (κ3) is 3.25. The summed E-state index contributed by atoms with van der Waals surface area (Å²) in [5.41, 5.74) is -2.11. The van der Waals surface area contributed by atoms with Crippen molar-refractivity contribution in [3.8, 4) is 5.75 Å². The minimum Gasteiger partial charge on any atom is -0.505 e. The predicted molar refractivity (Wildman–Crippen MR) is 128 cm³/mol. The fourth-order valence-corrected chi connectivity index (χ4v) is 7.56. The van der Waals surface area contributed by atoms with Gasteiger partial charge in [-0.05, 0) is 36.5 Å². The quantitative estimate of drug-likeness (QED) is 0.0974. The second-order valence-electron chi connectivity index (χ2n) is 10.4. The van der Waals surface area contributed by atoms with Crippen LogP contribution in [0.3, 0.4) is 0 Å². The van der Waals surface area contributed by atoms with E-state index in [9.17, 15) is 55.8 Å². The minimum absolute atomic E-state index is 0.0597. The highest BCUT2D eigenvalue weighted by molar-refractivity contribution is 6.58. The monoisotopic (exact) mass is 634 g/mol. The number of allylic oxidation sites excluding steroid dienone is 2. The summed E-state index contributed by atoms with van der Waals surface area (Å²) in [6.07, 6.45) is 0.400. The summed E-state index contributed by atoms with van der Waals surface area (Å²) in [6.45, 7) is 0. The first kappa shape index (κ1) is 28.5. The Hall–Kier alpha value is -3.62. The van der Waals surface area contributed by atoms with Gasteiger partial charge in [-0.3, -0.25) is 24.4 Å². The zero-order valence-electron chi connectivity index (χ0n) is 20.5. The second kappa shape index (κ2) is 8.94. The van der Waals surface area contributed by atoms with Crippen molar-refractivity contribution in [2.75, 3.05) is 4.90 Å². The predicted octanol–water partition coefficient (Wildman–Crippen LogP) is 4.18. The van der Waals surface area contributed by atoms with Crippen molar-refractivity contribution in [1.82, 2.24) is 5.06 Å². The molecule has 16 heteroatoms. The second-order valence-corrected chi connectivity index (χ2v) is 11.6. The summed E-state index contributed by atoms with van der Waals surface area (Å²) in [5.74, 6) is -25.6. The number of hydrogen-bond donors (Lipinski definition) is 2. The van der Waals surface area contributed by atoms with Crippen molar-refractivity contribution in [1.29, 1.82) is 0 Å². The molecule has 2 N–H and O–H groups in total. The maximum atomic E-state index is 14.9. The Bertz CT molecular complexity index is 1680. The number of phenols is 1. The Kier molecular flexibility index (Phi) is 6.07. The molecule has 4 amide bonds. The Morgan fingerprint density at radius 3 is 2.02 bits per heavy atom. The molecule has 2 aromatic rings. The lowest BCUT2D eigenvalue weighted by Gasteiger charge is -2.50. The normalized spacial score (nSPS) is 32.3. The van der Waals surface area contributed by atoms with E-state index in [1.165, 1.54) is 6.08 Å². The molecule has 42 heavy (non-hydrogen) atoms. The van der Waals surface area contributed by atoms with Crippen LogP contribution >= 0.6 is 23.2 Å². The van der Waals surface area contributed by atoms with Crippen molar-refractivity contribution in [2.45, 2.75) is 28.5 Å². The first-order valence-electron chi connectivity index (χ1n) is 12.1. The lowest BCUT2D eigenvalue weighted by atomic mass is 9.56. The van der Waals surface area contributed by atoms with Crippen LogP contribution in [0.2, 0.25) is 0 Å². The number of fused-ring (bicyclic) bond motifs is 4. The number of hydroxylamine groups is 2. The molecule has 0 unspecified atom stereocenters. The van der Waals surface area contributed by atoms with Crippen LogP contribution in [0.5, 0.6) is 5.75 Å². The Labute approximate surface area is 240 Å². The molecule has 2 saturated heterocycles. The highest BCUT2D eigenvalue weighted by Gasteiger charge is 2.77. The first-order chi connectivity index (χ1) is 19.6. The molecule has 3 fully saturated rings. The number of halogens is 8. The lowest BCUT2D eigenvalue weighted by molar-refractivity contribution is -0.173. The number of nitrogens with zero attached hydrogens (tertiary/aromatic N) is 2. The van der Waals surface area contributed by atoms with E-state index in [-0.39, 0.29) is 27.5 Å². The summed E-state index contributed by atoms with van der Waals surface area (Å²) >= 11 is 13.7. The summed E-state index contributed by atoms with van der Waals surface area (Å²) in [6, 6.07) is 2.66. The van der Waals surface area contributed by atoms with E-state index in [1.807, 2.05) is 0 Å². The molecule has 6 rings (SSSR count). The maximum absolute atomic E-state index is 14.9. The standard InChI is InChI=1S/C26H14Cl2F6N2O6/c27-25-6-10-8(2-3-9-13(10)22(39)36(42)21(9)38)14(7-1-4-12(37)11(29)5-7)26(25,28)24(41)35(23(25)40)20-18(33)16(31)15(30)17(32)19(20)34/h1-2,4-5,9-10,13-14,37,42H,3,6H2/t9-,10+,13-,14-,25+,26-/m0/s1. The number of carbonyl (C=O) groups is 4. The number of aromatic hydroxyl groups is 1. The van der Waals surface area contributed by atoms with E-state index in [2.05, 4.69) is 0 Å². The number of alkyl halides is 2. The zero-order valence-corrected chi connectivity index (χ0v) is 22.0. The van der Waals surface area contributed by atoms with Gasteiger partial charge in [0, 0.05) is 5.92 Å². The minimum atomic E-state index is -2.82. The van der Waals surface area contributed by atoms with E-state index in [0.717, 1.165) is 18.2 Å². The molecule has 2 heterocycles. The van der Waals surface area contributed by atoms with Crippen molar-refractivity contribution in [3.63, 3.8) is 0 Å². The van der Waals surface area contributed by atoms with Crippen LogP contribution in [0.1, 0.15) is 24.3 Å². The Balaban J connectivity index is 1.62. The van der Waals surface area contributed by atoms with Gasteiger partial charge in [0.15, 0.2) is 44.6 Å². The van der Waals surface area contributed by atoms with Gasteiger partial charge in [-0.2, -0.15) is 5.06 Å². The summed E-state index contributed by atoms with van der Waals surface area (Å²) in [4.78, 5) is 47.3. The molecule has 6 atom stereocenters. The zero-order chi connectivity index (χ0) is 30.8. The van der Waals surface area contributed by atoms with Crippen LogP contribution < -0.4 is 4.90 Å². The lowest BCUT2D eigenvalue weighted by Crippen LogP contribution is -2.60. The van der Waals surface area contributed by atoms with Gasteiger partial charge in [-0.15, -0.1) is 23.2 Å². The van der Waals surface area contributed by atoms with E-state index < -0.39 is 110 Å². The van der Waals surface area contributed by atoms with Crippen LogP contribution in [-0.2, 0) is 19.2 Å². The average Bonchev–Trinajstić information content (AvgIpc) is 3.26. The molecular formula is C26H14Cl2F6N2O6. The molecular weight excluding hydrogens is 621 g/mol. The van der Waals surface area contributed by atoms with E-state index in [0.29, 0.717) is 0 Å². The number of anilines is 1. The maximum Gasteiger partial charge on any atom is 0.258 e. The van der Waals surface area contributed by atoms with Crippen molar-refractivity contribution < 1.29 is 55.8 Å². The van der Waals surface area contributed by atoms with E-state index in [4.69, 9.17) is 23.2 Å². The SMILES string of the molecule is O=C1[C@H]2[C@H](CC=C3[C@H]2C[C@@]2(Cl)C(=O)N(c4c(F)c(F)c(F)c(F)c4F)C(=O)[C@@]2(Cl)[C@H]3c2ccc(O)c(F)c2)C(=O)N1O. The van der Waals surface area contributed by atoms with Gasteiger partial charge >= 0.3 is 0 Å². The number of carbonyl (C=O) groups excluding carboxylic acids is 4. The smallest absolute Gasteiger partial charge is 0.258 e. The topological polar surface area (TPSA) is 115 Å². The largest absolute Gasteiger partial charge is 0.505 e. The van der Waals surface area contributed by atoms with Gasteiger partial charge in [0.1, 0.15) is 5.69 Å². The molecule has 0 radical (unpaired) electrons. The molecule has 2 aromatic carbocycles. The van der Waals surface area contributed by atoms with Gasteiger partial charge in [0.2, 0.25) is 5.82 Å². The summed E-state index contributed by atoms with van der Waals surface area (Å²) < 4.78 is 86.5. The first-order valence-corrected chi connectivity index (χ1v) is 12.9. The molecule has 2 aliphatic carbocycles. The van der Waals surface area contributed by atoms with Crippen molar-refractivity contribution in [3.05, 3.63) is 70.3 Å². The number of imide groups is 2. The van der Waals surface area contributed by atoms with E-state index >= 15 is 0 Å². The van der Waals surface area contributed by atoms with Crippen LogP contribution in [0.4, 0.5) is 32.0 Å². The van der Waals surface area contributed by atoms with Crippen LogP contribution in [0.25, 0.3) is 0 Å². The number of hydrogen-bond acceptors (Lipinski definition) is 6. The fourth-order valence-electron chi connectivity index (χ4n) is 6.63. The van der Waals surface area contributed by atoms with Crippen molar-refractivity contribution in [2.24, 2.45) is 17.8 Å². The highest BCUT2D eigenvalue weighted by atomic mass is 35.5. The van der Waals surface area contributed by atoms with Crippen LogP contribution in [-0.4, -0.2) is 48.8 Å². The molecule has 8 nitrogen and oxygen atoms in total. The van der Waals surface area contributed by atoms with Gasteiger partial charge in [0.25, 0.3) is 23.6 Å². The van der Waals surface area contributed by atoms with E-state index in [1.54, 1.807) is 0 Å². The molecule has 0 aromatic heterocycles. The van der Waals surface area contributed by atoms with Gasteiger partial charge in [0.05, 0.1) is 11.8 Å². The molecule has 2 aliphatic heterocycles. The van der Waals surface area contributed by atoms with Crippen LogP contribution in [0.15, 0.2) is 29.8 Å².